The molecule has 0 aliphatic carbocycles. The minimum atomic E-state index is -4.79. The summed E-state index contributed by atoms with van der Waals surface area (Å²) in [5, 5.41) is 5.06. The van der Waals surface area contributed by atoms with Crippen molar-refractivity contribution in [3.8, 4) is 0 Å². The Morgan fingerprint density at radius 3 is 2.67 bits per heavy atom. The summed E-state index contributed by atoms with van der Waals surface area (Å²) in [5.41, 5.74) is 6.20. The normalized spacial score (nSPS) is 22.4. The van der Waals surface area contributed by atoms with Crippen LogP contribution in [0.2, 0.25) is 0 Å². The van der Waals surface area contributed by atoms with E-state index in [9.17, 15) is 22.6 Å². The number of alkyl carbamates (subject to hydrolysis) is 1. The molecule has 1 heterocycles. The lowest BCUT2D eigenvalue weighted by molar-refractivity contribution is -0.123. The van der Waals surface area contributed by atoms with Gasteiger partial charge >= 0.3 is 16.4 Å². The van der Waals surface area contributed by atoms with Gasteiger partial charge in [0.1, 0.15) is 6.61 Å². The molecule has 0 bridgehead atoms. The van der Waals surface area contributed by atoms with Gasteiger partial charge in [0.15, 0.2) is 0 Å². The molecule has 0 aromatic heterocycles. The van der Waals surface area contributed by atoms with Crippen LogP contribution in [-0.4, -0.2) is 43.2 Å². The van der Waals surface area contributed by atoms with E-state index in [1.165, 1.54) is 4.49 Å². The molecular formula is C14H21N4O7PS. The molecule has 6 N–H and O–H groups in total. The molecular weight excluding hydrogens is 399 g/mol. The monoisotopic (exact) mass is 420 g/mol. The largest absolute Gasteiger partial charge is 0.445 e. The van der Waals surface area contributed by atoms with E-state index in [2.05, 4.69) is 10.6 Å². The van der Waals surface area contributed by atoms with Crippen molar-refractivity contribution in [3.63, 3.8) is 0 Å². The van der Waals surface area contributed by atoms with Gasteiger partial charge in [0.2, 0.25) is 13.4 Å². The standard InChI is InChI=1S/C14H21N4O7PS/c15-26(21,18-27(22,23)24)9-12-11(6-7-13(19)16-12)17-14(20)25-8-10-4-2-1-3-5-10/h1-5,11-12H,6-9H2,(H,16,19)(H,17,20)(H3,15,18,21)(H,22,23,24)/t11-,12?,26+/m0/s1. The number of benzene rings is 1. The van der Waals surface area contributed by atoms with E-state index in [-0.39, 0.29) is 25.4 Å². The Labute approximate surface area is 156 Å². The number of rotatable bonds is 7. The molecule has 1 aromatic rings. The second-order valence-electron chi connectivity index (χ2n) is 6.07. The van der Waals surface area contributed by atoms with Crippen molar-refractivity contribution in [2.75, 3.05) is 6.16 Å². The van der Waals surface area contributed by atoms with Crippen LogP contribution in [0.5, 0.6) is 0 Å². The summed E-state index contributed by atoms with van der Waals surface area (Å²) in [5.74, 6) is -0.359. The number of carbonyl (C=O) groups is 2. The molecule has 27 heavy (non-hydrogen) atoms. The first-order valence-corrected chi connectivity index (χ1v) is 11.3. The molecule has 0 radical (unpaired) electrons. The van der Waals surface area contributed by atoms with Gasteiger partial charge in [-0.25, -0.2) is 4.79 Å². The zero-order chi connectivity index (χ0) is 20.1. The number of piperidine rings is 1. The van der Waals surface area contributed by atoms with E-state index >= 15 is 0 Å². The Morgan fingerprint density at radius 2 is 2.04 bits per heavy atom. The Morgan fingerprint density at radius 1 is 1.37 bits per heavy atom. The zero-order valence-electron chi connectivity index (χ0n) is 14.2. The molecule has 2 rings (SSSR count). The highest BCUT2D eigenvalue weighted by Crippen LogP contribution is 2.34. The van der Waals surface area contributed by atoms with Crippen LogP contribution < -0.4 is 20.6 Å². The molecule has 1 aliphatic heterocycles. The van der Waals surface area contributed by atoms with Gasteiger partial charge in [-0.05, 0) is 12.0 Å². The minimum Gasteiger partial charge on any atom is -0.445 e. The SMILES string of the molecule is N[P@](=O)(CC1NC(=O)CC[C@@H]1NC(=O)OCc1ccccc1)NS(=O)(=O)O. The second kappa shape index (κ2) is 8.81. The first kappa shape index (κ1) is 21.3. The number of carbonyl (C=O) groups excluding carboxylic acids is 2. The first-order chi connectivity index (χ1) is 12.5. The van der Waals surface area contributed by atoms with Crippen molar-refractivity contribution >= 4 is 29.7 Å². The molecule has 1 fully saturated rings. The number of nitrogens with two attached hydrogens (primary N) is 1. The maximum Gasteiger partial charge on any atom is 0.407 e. The lowest BCUT2D eigenvalue weighted by Crippen LogP contribution is -2.57. The summed E-state index contributed by atoms with van der Waals surface area (Å²) in [4.78, 5) is 23.6. The van der Waals surface area contributed by atoms with Crippen molar-refractivity contribution in [1.29, 1.82) is 0 Å². The molecule has 1 unspecified atom stereocenters. The third-order valence-corrected chi connectivity index (χ3v) is 6.86. The molecule has 1 aromatic carbocycles. The van der Waals surface area contributed by atoms with Crippen LogP contribution in [0.1, 0.15) is 18.4 Å². The van der Waals surface area contributed by atoms with E-state index in [4.69, 9.17) is 14.8 Å². The van der Waals surface area contributed by atoms with Crippen molar-refractivity contribution in [2.45, 2.75) is 31.5 Å². The lowest BCUT2D eigenvalue weighted by atomic mass is 9.99. The van der Waals surface area contributed by atoms with Gasteiger partial charge in [-0.15, -0.1) is 4.49 Å². The van der Waals surface area contributed by atoms with Crippen LogP contribution in [0, 0.1) is 0 Å². The van der Waals surface area contributed by atoms with Crippen molar-refractivity contribution < 1.29 is 31.9 Å². The average Bonchev–Trinajstić information content (AvgIpc) is 2.54. The van der Waals surface area contributed by atoms with Crippen LogP contribution >= 0.6 is 7.44 Å². The molecule has 13 heteroatoms. The highest BCUT2D eigenvalue weighted by molar-refractivity contribution is 7.91. The number of hydrogen-bond acceptors (Lipinski definition) is 6. The number of nitrogens with one attached hydrogen (secondary N) is 3. The Hall–Kier alpha value is -1.98. The van der Waals surface area contributed by atoms with Gasteiger partial charge in [-0.3, -0.25) is 19.4 Å². The summed E-state index contributed by atoms with van der Waals surface area (Å²) < 4.78 is 49.2. The van der Waals surface area contributed by atoms with Gasteiger partial charge < -0.3 is 15.4 Å². The predicted octanol–water partition coefficient (Wildman–Crippen LogP) is 0.104. The van der Waals surface area contributed by atoms with E-state index in [0.717, 1.165) is 5.56 Å². The summed E-state index contributed by atoms with van der Waals surface area (Å²) in [6, 6.07) is 7.40. The number of ether oxygens (including phenoxy) is 1. The predicted molar refractivity (Wildman–Crippen MR) is 96.1 cm³/mol. The number of amides is 2. The van der Waals surface area contributed by atoms with Gasteiger partial charge in [-0.1, -0.05) is 30.3 Å². The van der Waals surface area contributed by atoms with Crippen molar-refractivity contribution in [2.24, 2.45) is 5.50 Å². The highest BCUT2D eigenvalue weighted by atomic mass is 32.2. The molecule has 2 amide bonds. The van der Waals surface area contributed by atoms with E-state index in [1.807, 2.05) is 6.07 Å². The smallest absolute Gasteiger partial charge is 0.407 e. The molecule has 3 atom stereocenters. The molecule has 1 aliphatic rings. The zero-order valence-corrected chi connectivity index (χ0v) is 15.9. The van der Waals surface area contributed by atoms with E-state index < -0.39 is 42.1 Å². The Bertz CT molecular complexity index is 833. The second-order valence-corrected chi connectivity index (χ2v) is 9.71. The maximum absolute atomic E-state index is 12.2. The maximum atomic E-state index is 12.2. The third kappa shape index (κ3) is 7.65. The van der Waals surface area contributed by atoms with Crippen molar-refractivity contribution in [1.82, 2.24) is 15.1 Å². The topological polar surface area (TPSA) is 177 Å². The van der Waals surface area contributed by atoms with Gasteiger partial charge in [0.05, 0.1) is 18.2 Å². The van der Waals surface area contributed by atoms with Crippen LogP contribution in [0.25, 0.3) is 0 Å². The fourth-order valence-corrected chi connectivity index (χ4v) is 5.44. The summed E-state index contributed by atoms with van der Waals surface area (Å²) >= 11 is 0. The Kier molecular flexibility index (Phi) is 6.95. The molecule has 0 saturated carbocycles. The third-order valence-electron chi connectivity index (χ3n) is 3.77. The van der Waals surface area contributed by atoms with Gasteiger partial charge in [-0.2, -0.15) is 8.42 Å². The fraction of sp³-hybridized carbons (Fsp3) is 0.429. The molecule has 11 nitrogen and oxygen atoms in total. The van der Waals surface area contributed by atoms with Crippen LogP contribution in [0.4, 0.5) is 4.79 Å². The van der Waals surface area contributed by atoms with Gasteiger partial charge in [0.25, 0.3) is 0 Å². The average molecular weight is 420 g/mol. The van der Waals surface area contributed by atoms with Gasteiger partial charge in [0, 0.05) is 6.42 Å². The molecule has 0 spiro atoms. The summed E-state index contributed by atoms with van der Waals surface area (Å²) in [6.07, 6.45) is -0.911. The highest BCUT2D eigenvalue weighted by Gasteiger charge is 2.36. The quantitative estimate of drug-likeness (QED) is 0.305. The molecule has 150 valence electrons. The Balaban J connectivity index is 1.97. The number of hydrogen-bond donors (Lipinski definition) is 5. The molecule has 1 saturated heterocycles. The summed E-state index contributed by atoms with van der Waals surface area (Å²) in [6.45, 7) is 0.0378. The van der Waals surface area contributed by atoms with Crippen LogP contribution in [0.3, 0.4) is 0 Å². The first-order valence-electron chi connectivity index (χ1n) is 7.95. The minimum absolute atomic E-state index is 0.0378. The summed E-state index contributed by atoms with van der Waals surface area (Å²) in [7, 11) is -8.84. The van der Waals surface area contributed by atoms with E-state index in [0.29, 0.717) is 0 Å². The fourth-order valence-electron chi connectivity index (χ4n) is 2.65. The van der Waals surface area contributed by atoms with E-state index in [1.54, 1.807) is 24.3 Å². The van der Waals surface area contributed by atoms with Crippen LogP contribution in [0.15, 0.2) is 30.3 Å². The lowest BCUT2D eigenvalue weighted by Gasteiger charge is -2.33. The van der Waals surface area contributed by atoms with Crippen molar-refractivity contribution in [3.05, 3.63) is 35.9 Å². The van der Waals surface area contributed by atoms with Crippen LogP contribution in [-0.2, 0) is 31.0 Å².